The van der Waals surface area contributed by atoms with E-state index in [1.807, 2.05) is 0 Å². The maximum absolute atomic E-state index is 10.6. The predicted octanol–water partition coefficient (Wildman–Crippen LogP) is -2.59. The Kier molecular flexibility index (Phi) is 6.82. The Bertz CT molecular complexity index is 351. The van der Waals surface area contributed by atoms with Crippen molar-refractivity contribution in [2.45, 2.75) is 4.90 Å². The van der Waals surface area contributed by atoms with Crippen molar-refractivity contribution >= 4 is 11.1 Å². The second-order valence-corrected chi connectivity index (χ2v) is 3.25. The molecular weight excluding hydrogens is 231 g/mol. The van der Waals surface area contributed by atoms with Gasteiger partial charge in [-0.2, -0.15) is 0 Å². The Morgan fingerprint density at radius 1 is 1.40 bits per heavy atom. The molecule has 15 heavy (non-hydrogen) atoms. The first kappa shape index (κ1) is 14.6. The summed E-state index contributed by atoms with van der Waals surface area (Å²) in [6.07, 6.45) is 0. The van der Waals surface area contributed by atoms with Gasteiger partial charge in [0.2, 0.25) is 0 Å². The van der Waals surface area contributed by atoms with E-state index in [9.17, 15) is 9.47 Å². The van der Waals surface area contributed by atoms with Gasteiger partial charge in [-0.3, -0.25) is 0 Å². The molecule has 0 heterocycles. The topological polar surface area (TPSA) is 78.8 Å². The van der Waals surface area contributed by atoms with Crippen LogP contribution in [0.4, 0.5) is 0 Å². The molecular formula is C8H7NaO5S. The van der Waals surface area contributed by atoms with E-state index in [1.165, 1.54) is 24.3 Å². The Morgan fingerprint density at radius 3 is 2.33 bits per heavy atom. The van der Waals surface area contributed by atoms with Gasteiger partial charge in [0.25, 0.3) is 5.95 Å². The number of ether oxygens (including phenoxy) is 1. The molecule has 0 saturated heterocycles. The molecule has 0 amide bonds. The summed E-state index contributed by atoms with van der Waals surface area (Å²) in [6, 6.07) is 5.63. The van der Waals surface area contributed by atoms with Gasteiger partial charge in [-0.05, 0) is 30.8 Å². The molecule has 0 aromatic heterocycles. The van der Waals surface area contributed by atoms with Gasteiger partial charge < -0.3 is 19.4 Å². The third-order valence-electron chi connectivity index (χ3n) is 1.35. The van der Waals surface area contributed by atoms with E-state index in [0.717, 1.165) is 0 Å². The zero-order valence-electron chi connectivity index (χ0n) is 8.00. The Balaban J connectivity index is 0.00000196. The Morgan fingerprint density at radius 2 is 1.93 bits per heavy atom. The molecule has 0 bridgehead atoms. The summed E-state index contributed by atoms with van der Waals surface area (Å²) in [5, 5.41) is 9.80. The van der Waals surface area contributed by atoms with Gasteiger partial charge in [0, 0.05) is 0 Å². The predicted molar refractivity (Wildman–Crippen MR) is 46.3 cm³/mol. The van der Waals surface area contributed by atoms with Crippen LogP contribution >= 0.6 is 0 Å². The van der Waals surface area contributed by atoms with E-state index in [2.05, 4.69) is 11.5 Å². The summed E-state index contributed by atoms with van der Waals surface area (Å²) in [6.45, 7) is 3.16. The number of benzene rings is 1. The van der Waals surface area contributed by atoms with Gasteiger partial charge in [-0.25, -0.2) is 4.21 Å². The molecule has 76 valence electrons. The van der Waals surface area contributed by atoms with E-state index in [1.54, 1.807) is 0 Å². The molecule has 1 aromatic carbocycles. The van der Waals surface area contributed by atoms with Crippen LogP contribution in [0.2, 0.25) is 0 Å². The molecule has 1 N–H and O–H groups in total. The van der Waals surface area contributed by atoms with Crippen molar-refractivity contribution in [2.24, 2.45) is 0 Å². The van der Waals surface area contributed by atoms with Crippen molar-refractivity contribution in [1.82, 2.24) is 0 Å². The third-order valence-corrected chi connectivity index (χ3v) is 2.03. The first-order valence-corrected chi connectivity index (χ1v) is 4.61. The third kappa shape index (κ3) is 4.78. The SMILES string of the molecule is C=C(O[O-])Oc1ccc(S(=O)O)cc1.[Na+]. The smallest absolute Gasteiger partial charge is 0.661 e. The largest absolute Gasteiger partial charge is 1.00 e. The first-order valence-electron chi connectivity index (χ1n) is 3.51. The minimum Gasteiger partial charge on any atom is -0.661 e. The normalized spacial score (nSPS) is 11.1. The van der Waals surface area contributed by atoms with Crippen LogP contribution in [0, 0.1) is 0 Å². The van der Waals surface area contributed by atoms with Crippen LogP contribution in [-0.4, -0.2) is 8.76 Å². The van der Waals surface area contributed by atoms with E-state index < -0.39 is 11.1 Å². The molecule has 0 aliphatic rings. The molecule has 1 aromatic rings. The first-order chi connectivity index (χ1) is 6.63. The van der Waals surface area contributed by atoms with E-state index in [0.29, 0.717) is 5.75 Å². The van der Waals surface area contributed by atoms with Crippen molar-refractivity contribution in [3.05, 3.63) is 36.8 Å². The maximum Gasteiger partial charge on any atom is 1.00 e. The molecule has 1 rings (SSSR count). The molecule has 0 aliphatic heterocycles. The standard InChI is InChI=1S/C8H8O5S.Na/c1-6(13-9)12-7-2-4-8(5-3-7)14(10)11;/h2-5,9H,1H2,(H,10,11);/q;+1/p-1. The number of hydrogen-bond acceptors (Lipinski definition) is 4. The van der Waals surface area contributed by atoms with Crippen LogP contribution in [0.25, 0.3) is 0 Å². The van der Waals surface area contributed by atoms with Crippen LogP contribution in [0.1, 0.15) is 0 Å². The minimum absolute atomic E-state index is 0. The molecule has 0 spiro atoms. The molecule has 1 atom stereocenters. The number of rotatable bonds is 4. The van der Waals surface area contributed by atoms with Gasteiger partial charge in [-0.15, -0.1) is 0 Å². The van der Waals surface area contributed by atoms with Crippen LogP contribution in [0.15, 0.2) is 41.7 Å². The Labute approximate surface area is 111 Å². The molecule has 0 radical (unpaired) electrons. The van der Waals surface area contributed by atoms with Crippen molar-refractivity contribution in [1.29, 1.82) is 0 Å². The van der Waals surface area contributed by atoms with Crippen molar-refractivity contribution in [2.75, 3.05) is 0 Å². The van der Waals surface area contributed by atoms with Crippen LogP contribution in [-0.2, 0) is 16.0 Å². The summed E-state index contributed by atoms with van der Waals surface area (Å²) in [7, 11) is 0. The van der Waals surface area contributed by atoms with E-state index >= 15 is 0 Å². The average molecular weight is 238 g/mol. The van der Waals surface area contributed by atoms with Crippen molar-refractivity contribution in [3.8, 4) is 5.75 Å². The van der Waals surface area contributed by atoms with Crippen molar-refractivity contribution < 1.29 is 53.2 Å². The van der Waals surface area contributed by atoms with E-state index in [4.69, 9.17) is 9.29 Å². The van der Waals surface area contributed by atoms with Gasteiger partial charge in [-0.1, -0.05) is 0 Å². The van der Waals surface area contributed by atoms with Crippen molar-refractivity contribution in [3.63, 3.8) is 0 Å². The average Bonchev–Trinajstić information content (AvgIpc) is 2.18. The summed E-state index contributed by atoms with van der Waals surface area (Å²) >= 11 is -2.02. The van der Waals surface area contributed by atoms with Crippen LogP contribution in [0.5, 0.6) is 5.75 Å². The van der Waals surface area contributed by atoms with Gasteiger partial charge in [0.1, 0.15) is 5.75 Å². The van der Waals surface area contributed by atoms with Crippen LogP contribution in [0.3, 0.4) is 0 Å². The van der Waals surface area contributed by atoms with Gasteiger partial charge in [0.15, 0.2) is 11.1 Å². The molecule has 1 unspecified atom stereocenters. The second kappa shape index (κ2) is 7.00. The quantitative estimate of drug-likeness (QED) is 0.205. The fraction of sp³-hybridized carbons (Fsp3) is 0. The fourth-order valence-corrected chi connectivity index (χ4v) is 1.14. The van der Waals surface area contributed by atoms with E-state index in [-0.39, 0.29) is 40.4 Å². The van der Waals surface area contributed by atoms with Gasteiger partial charge >= 0.3 is 29.6 Å². The second-order valence-electron chi connectivity index (χ2n) is 2.28. The summed E-state index contributed by atoms with van der Waals surface area (Å²) in [5.41, 5.74) is 0. The fourth-order valence-electron chi connectivity index (χ4n) is 0.773. The zero-order valence-corrected chi connectivity index (χ0v) is 10.8. The summed E-state index contributed by atoms with van der Waals surface area (Å²) < 4.78 is 24.0. The van der Waals surface area contributed by atoms with Crippen LogP contribution < -0.4 is 39.6 Å². The molecule has 0 aliphatic carbocycles. The monoisotopic (exact) mass is 238 g/mol. The zero-order chi connectivity index (χ0) is 10.6. The maximum atomic E-state index is 10.6. The molecule has 5 nitrogen and oxygen atoms in total. The molecule has 7 heteroatoms. The Hall–Kier alpha value is -0.370. The van der Waals surface area contributed by atoms with Gasteiger partial charge in [0.05, 0.1) is 4.90 Å². The molecule has 0 saturated carbocycles. The number of hydrogen-bond donors (Lipinski definition) is 1. The molecule has 0 fully saturated rings. The summed E-state index contributed by atoms with van der Waals surface area (Å²) in [5.74, 6) is -0.0806. The summed E-state index contributed by atoms with van der Waals surface area (Å²) in [4.78, 5) is 3.70. The minimum atomic E-state index is -2.02.